The van der Waals surface area contributed by atoms with Crippen molar-refractivity contribution in [2.75, 3.05) is 18.8 Å². The van der Waals surface area contributed by atoms with Gasteiger partial charge in [-0.1, -0.05) is 12.1 Å². The molecule has 0 amide bonds. The van der Waals surface area contributed by atoms with E-state index in [4.69, 9.17) is 10.5 Å². The van der Waals surface area contributed by atoms with Crippen LogP contribution in [0.4, 0.5) is 14.5 Å². The van der Waals surface area contributed by atoms with Crippen molar-refractivity contribution in [1.29, 1.82) is 0 Å². The lowest BCUT2D eigenvalue weighted by Crippen LogP contribution is -2.38. The van der Waals surface area contributed by atoms with Crippen LogP contribution in [0, 0.1) is 11.6 Å². The van der Waals surface area contributed by atoms with Gasteiger partial charge in [0.05, 0.1) is 5.69 Å². The third-order valence-electron chi connectivity index (χ3n) is 4.07. The van der Waals surface area contributed by atoms with Crippen molar-refractivity contribution in [3.8, 4) is 5.88 Å². The fraction of sp³-hybridized carbons (Fsp3) is 0.353. The van der Waals surface area contributed by atoms with Crippen LogP contribution in [-0.2, 0) is 6.54 Å². The molecule has 1 saturated heterocycles. The van der Waals surface area contributed by atoms with Crippen LogP contribution >= 0.6 is 0 Å². The fourth-order valence-corrected chi connectivity index (χ4v) is 2.76. The molecule has 23 heavy (non-hydrogen) atoms. The third kappa shape index (κ3) is 3.76. The summed E-state index contributed by atoms with van der Waals surface area (Å²) in [4.78, 5) is 6.11. The first-order valence-electron chi connectivity index (χ1n) is 7.66. The summed E-state index contributed by atoms with van der Waals surface area (Å²) in [6, 6.07) is 7.74. The minimum absolute atomic E-state index is 0.0551. The predicted octanol–water partition coefficient (Wildman–Crippen LogP) is 2.99. The molecule has 1 fully saturated rings. The molecule has 2 aromatic rings. The summed E-state index contributed by atoms with van der Waals surface area (Å²) < 4.78 is 32.6. The Labute approximate surface area is 133 Å². The lowest BCUT2D eigenvalue weighted by molar-refractivity contribution is 0.0897. The van der Waals surface area contributed by atoms with E-state index < -0.39 is 5.82 Å². The molecule has 0 bridgehead atoms. The average Bonchev–Trinajstić information content (AvgIpc) is 2.56. The zero-order valence-electron chi connectivity index (χ0n) is 12.7. The van der Waals surface area contributed by atoms with Crippen molar-refractivity contribution in [2.24, 2.45) is 0 Å². The molecule has 2 N–H and O–H groups in total. The van der Waals surface area contributed by atoms with Gasteiger partial charge in [-0.15, -0.1) is 0 Å². The maximum absolute atomic E-state index is 13.5. The number of anilines is 1. The number of piperidine rings is 1. The molecule has 0 unspecified atom stereocenters. The highest BCUT2D eigenvalue weighted by molar-refractivity contribution is 5.47. The van der Waals surface area contributed by atoms with E-state index in [1.807, 2.05) is 6.07 Å². The largest absolute Gasteiger partial charge is 0.472 e. The van der Waals surface area contributed by atoms with Gasteiger partial charge in [0.25, 0.3) is 5.88 Å². The van der Waals surface area contributed by atoms with Crippen LogP contribution < -0.4 is 10.5 Å². The van der Waals surface area contributed by atoms with Gasteiger partial charge in [-0.25, -0.2) is 13.8 Å². The van der Waals surface area contributed by atoms with Gasteiger partial charge in [0, 0.05) is 25.8 Å². The normalized spacial score (nSPS) is 16.4. The van der Waals surface area contributed by atoms with E-state index in [1.54, 1.807) is 6.07 Å². The highest BCUT2D eigenvalue weighted by Gasteiger charge is 2.22. The smallest absolute Gasteiger partial charge is 0.250 e. The molecule has 122 valence electrons. The molecule has 0 saturated carbocycles. The minimum atomic E-state index is -0.442. The number of hydrogen-bond acceptors (Lipinski definition) is 4. The lowest BCUT2D eigenvalue weighted by Gasteiger charge is -2.32. The Hall–Kier alpha value is -2.21. The molecule has 1 aromatic heterocycles. The number of nitrogens with zero attached hydrogens (tertiary/aromatic N) is 2. The van der Waals surface area contributed by atoms with E-state index in [2.05, 4.69) is 9.88 Å². The molecule has 2 heterocycles. The van der Waals surface area contributed by atoms with Crippen molar-refractivity contribution in [2.45, 2.75) is 25.5 Å². The van der Waals surface area contributed by atoms with Crippen molar-refractivity contribution in [3.05, 3.63) is 53.7 Å². The van der Waals surface area contributed by atoms with Gasteiger partial charge in [-0.05, 0) is 36.6 Å². The zero-order chi connectivity index (χ0) is 16.2. The molecule has 0 radical (unpaired) electrons. The Morgan fingerprint density at radius 3 is 2.61 bits per heavy atom. The third-order valence-corrected chi connectivity index (χ3v) is 4.07. The van der Waals surface area contributed by atoms with Crippen molar-refractivity contribution >= 4 is 5.69 Å². The first-order chi connectivity index (χ1) is 11.1. The van der Waals surface area contributed by atoms with Crippen LogP contribution in [0.5, 0.6) is 5.88 Å². The van der Waals surface area contributed by atoms with Crippen LogP contribution in [0.1, 0.15) is 18.4 Å². The lowest BCUT2D eigenvalue weighted by atomic mass is 10.1. The highest BCUT2D eigenvalue weighted by atomic mass is 19.1. The summed E-state index contributed by atoms with van der Waals surface area (Å²) in [5, 5.41) is 0. The van der Waals surface area contributed by atoms with Gasteiger partial charge in [0.1, 0.15) is 11.9 Å². The topological polar surface area (TPSA) is 51.4 Å². The van der Waals surface area contributed by atoms with Crippen molar-refractivity contribution < 1.29 is 13.5 Å². The van der Waals surface area contributed by atoms with Gasteiger partial charge in [-0.2, -0.15) is 0 Å². The molecule has 1 aliphatic rings. The average molecular weight is 319 g/mol. The number of halogens is 2. The number of nitrogen functional groups attached to an aromatic ring is 1. The number of benzene rings is 1. The van der Waals surface area contributed by atoms with Crippen LogP contribution in [-0.4, -0.2) is 29.1 Å². The van der Waals surface area contributed by atoms with Gasteiger partial charge in [-0.3, -0.25) is 4.90 Å². The summed E-state index contributed by atoms with van der Waals surface area (Å²) in [5.74, 6) is -0.769. The number of pyridine rings is 1. The number of likely N-dealkylation sites (tertiary alicyclic amines) is 1. The van der Waals surface area contributed by atoms with Gasteiger partial charge >= 0.3 is 0 Å². The number of rotatable bonds is 4. The number of hydrogen-bond donors (Lipinski definition) is 1. The van der Waals surface area contributed by atoms with Crippen LogP contribution in [0.2, 0.25) is 0 Å². The standard InChI is InChI=1S/C17H19F2N3O/c18-14-4-1-3-12(16(14)20)11-22-9-6-13(7-10-22)23-17-15(19)5-2-8-21-17/h1-5,8,13H,6-7,9-11,20H2. The van der Waals surface area contributed by atoms with Crippen molar-refractivity contribution in [3.63, 3.8) is 0 Å². The van der Waals surface area contributed by atoms with Gasteiger partial charge < -0.3 is 10.5 Å². The van der Waals surface area contributed by atoms with Crippen molar-refractivity contribution in [1.82, 2.24) is 9.88 Å². The van der Waals surface area contributed by atoms with Crippen LogP contribution in [0.15, 0.2) is 36.5 Å². The molecular weight excluding hydrogens is 300 g/mol. The monoisotopic (exact) mass is 319 g/mol. The van der Waals surface area contributed by atoms with Gasteiger partial charge in [0.2, 0.25) is 0 Å². The van der Waals surface area contributed by atoms with E-state index in [0.717, 1.165) is 31.5 Å². The highest BCUT2D eigenvalue weighted by Crippen LogP contribution is 2.23. The Morgan fingerprint density at radius 1 is 1.13 bits per heavy atom. The Kier molecular flexibility index (Phi) is 4.71. The minimum Gasteiger partial charge on any atom is -0.472 e. The Morgan fingerprint density at radius 2 is 1.87 bits per heavy atom. The molecule has 1 aromatic carbocycles. The second-order valence-electron chi connectivity index (χ2n) is 5.70. The summed E-state index contributed by atoms with van der Waals surface area (Å²) in [7, 11) is 0. The van der Waals surface area contributed by atoms with E-state index >= 15 is 0 Å². The van der Waals surface area contributed by atoms with E-state index in [9.17, 15) is 8.78 Å². The fourth-order valence-electron chi connectivity index (χ4n) is 2.76. The SMILES string of the molecule is Nc1c(F)cccc1CN1CCC(Oc2ncccc2F)CC1. The quantitative estimate of drug-likeness (QED) is 0.880. The van der Waals surface area contributed by atoms with E-state index in [1.165, 1.54) is 24.4 Å². The first kappa shape index (κ1) is 15.7. The maximum Gasteiger partial charge on any atom is 0.250 e. The second-order valence-corrected chi connectivity index (χ2v) is 5.70. The Bertz CT molecular complexity index is 673. The second kappa shape index (κ2) is 6.91. The number of para-hydroxylation sites is 1. The molecule has 0 atom stereocenters. The first-order valence-corrected chi connectivity index (χ1v) is 7.66. The van der Waals surface area contributed by atoms with Crippen LogP contribution in [0.25, 0.3) is 0 Å². The van der Waals surface area contributed by atoms with Gasteiger partial charge in [0.15, 0.2) is 5.82 Å². The van der Waals surface area contributed by atoms with E-state index in [-0.39, 0.29) is 23.5 Å². The maximum atomic E-state index is 13.5. The van der Waals surface area contributed by atoms with E-state index in [0.29, 0.717) is 6.54 Å². The molecule has 3 rings (SSSR count). The molecular formula is C17H19F2N3O. The molecule has 1 aliphatic heterocycles. The summed E-state index contributed by atoms with van der Waals surface area (Å²) in [6.45, 7) is 2.18. The number of aromatic nitrogens is 1. The predicted molar refractivity (Wildman–Crippen MR) is 83.9 cm³/mol. The molecule has 0 spiro atoms. The molecule has 6 heteroatoms. The molecule has 0 aliphatic carbocycles. The summed E-state index contributed by atoms with van der Waals surface area (Å²) in [6.07, 6.45) is 3.00. The summed E-state index contributed by atoms with van der Waals surface area (Å²) in [5.41, 5.74) is 6.77. The number of ether oxygens (including phenoxy) is 1. The number of nitrogens with two attached hydrogens (primary N) is 1. The Balaban J connectivity index is 1.54. The summed E-state index contributed by atoms with van der Waals surface area (Å²) >= 11 is 0. The molecule has 4 nitrogen and oxygen atoms in total. The zero-order valence-corrected chi connectivity index (χ0v) is 12.7. The van der Waals surface area contributed by atoms with Crippen LogP contribution in [0.3, 0.4) is 0 Å².